The van der Waals surface area contributed by atoms with Crippen molar-refractivity contribution in [1.82, 2.24) is 10.2 Å². The van der Waals surface area contributed by atoms with Gasteiger partial charge in [0.05, 0.1) is 6.61 Å². The van der Waals surface area contributed by atoms with Crippen LogP contribution in [0.5, 0.6) is 0 Å². The average Bonchev–Trinajstić information content (AvgIpc) is 2.88. The molecule has 1 saturated heterocycles. The first-order valence-electron chi connectivity index (χ1n) is 8.24. The lowest BCUT2D eigenvalue weighted by atomic mass is 9.80. The number of carbonyl (C=O) groups excluding carboxylic acids is 1. The molecule has 1 fully saturated rings. The number of ether oxygens (including phenoxy) is 1. The summed E-state index contributed by atoms with van der Waals surface area (Å²) in [6, 6.07) is 0.374. The summed E-state index contributed by atoms with van der Waals surface area (Å²) in [6.45, 7) is 15.7. The van der Waals surface area contributed by atoms with Crippen LogP contribution in [0, 0.1) is 11.3 Å². The van der Waals surface area contributed by atoms with Crippen LogP contribution in [0.15, 0.2) is 0 Å². The van der Waals surface area contributed by atoms with Gasteiger partial charge in [-0.15, -0.1) is 0 Å². The van der Waals surface area contributed by atoms with Crippen molar-refractivity contribution in [3.8, 4) is 0 Å². The molecule has 1 rings (SSSR count). The quantitative estimate of drug-likeness (QED) is 0.766. The Labute approximate surface area is 130 Å². The third kappa shape index (κ3) is 4.68. The maximum Gasteiger partial charge on any atom is 0.326 e. The molecular formula is C17H34N2O2. The largest absolute Gasteiger partial charge is 0.465 e. The number of rotatable bonds is 6. The Balaban J connectivity index is 2.64. The summed E-state index contributed by atoms with van der Waals surface area (Å²) >= 11 is 0. The van der Waals surface area contributed by atoms with E-state index in [-0.39, 0.29) is 5.97 Å². The van der Waals surface area contributed by atoms with Gasteiger partial charge in [0.25, 0.3) is 0 Å². The third-order valence-electron chi connectivity index (χ3n) is 5.05. The standard InChI is InChI=1S/C17H34N2O2/c1-8-21-15(20)17(6,18-7)11-13(2)19-10-9-14(12-19)16(3,4)5/h13-14,18H,8-12H2,1-7H3. The molecule has 4 heteroatoms. The first kappa shape index (κ1) is 18.4. The van der Waals surface area contributed by atoms with E-state index in [0.717, 1.165) is 25.4 Å². The van der Waals surface area contributed by atoms with Crippen molar-refractivity contribution in [2.45, 2.75) is 66.0 Å². The van der Waals surface area contributed by atoms with Crippen LogP contribution in [0.3, 0.4) is 0 Å². The van der Waals surface area contributed by atoms with E-state index < -0.39 is 5.54 Å². The monoisotopic (exact) mass is 298 g/mol. The van der Waals surface area contributed by atoms with E-state index in [0.29, 0.717) is 18.1 Å². The molecule has 0 spiro atoms. The van der Waals surface area contributed by atoms with Gasteiger partial charge in [0.1, 0.15) is 5.54 Å². The highest BCUT2D eigenvalue weighted by atomic mass is 16.5. The third-order valence-corrected chi connectivity index (χ3v) is 5.05. The van der Waals surface area contributed by atoms with Gasteiger partial charge in [0.2, 0.25) is 0 Å². The van der Waals surface area contributed by atoms with Gasteiger partial charge in [0, 0.05) is 12.6 Å². The van der Waals surface area contributed by atoms with Crippen LogP contribution in [0.25, 0.3) is 0 Å². The molecule has 1 heterocycles. The maximum atomic E-state index is 12.2. The highest BCUT2D eigenvalue weighted by molar-refractivity contribution is 5.80. The topological polar surface area (TPSA) is 41.6 Å². The minimum absolute atomic E-state index is 0.147. The Kier molecular flexibility index (Phi) is 6.23. The lowest BCUT2D eigenvalue weighted by Gasteiger charge is -2.34. The molecule has 0 radical (unpaired) electrons. The van der Waals surface area contributed by atoms with Crippen LogP contribution in [-0.4, -0.2) is 49.2 Å². The Morgan fingerprint density at radius 1 is 1.38 bits per heavy atom. The molecule has 0 amide bonds. The summed E-state index contributed by atoms with van der Waals surface area (Å²) in [7, 11) is 1.84. The van der Waals surface area contributed by atoms with Crippen molar-refractivity contribution in [3.05, 3.63) is 0 Å². The summed E-state index contributed by atoms with van der Waals surface area (Å²) in [5.41, 5.74) is -0.239. The van der Waals surface area contributed by atoms with Gasteiger partial charge in [-0.05, 0) is 58.5 Å². The van der Waals surface area contributed by atoms with Gasteiger partial charge in [0.15, 0.2) is 0 Å². The number of likely N-dealkylation sites (N-methyl/N-ethyl adjacent to an activating group) is 1. The number of nitrogens with one attached hydrogen (secondary N) is 1. The van der Waals surface area contributed by atoms with Crippen LogP contribution < -0.4 is 5.32 Å². The Bertz CT molecular complexity index is 351. The Hall–Kier alpha value is -0.610. The summed E-state index contributed by atoms with van der Waals surface area (Å²) in [4.78, 5) is 14.7. The molecule has 0 bridgehead atoms. The molecule has 0 aliphatic carbocycles. The second-order valence-electron chi connectivity index (χ2n) is 7.70. The van der Waals surface area contributed by atoms with Crippen molar-refractivity contribution < 1.29 is 9.53 Å². The van der Waals surface area contributed by atoms with E-state index in [9.17, 15) is 4.79 Å². The minimum atomic E-state index is -0.602. The first-order valence-corrected chi connectivity index (χ1v) is 8.24. The van der Waals surface area contributed by atoms with Gasteiger partial charge >= 0.3 is 5.97 Å². The zero-order chi connectivity index (χ0) is 16.3. The molecular weight excluding hydrogens is 264 g/mol. The number of hydrogen-bond acceptors (Lipinski definition) is 4. The summed E-state index contributed by atoms with van der Waals surface area (Å²) in [5.74, 6) is 0.592. The van der Waals surface area contributed by atoms with E-state index >= 15 is 0 Å². The maximum absolute atomic E-state index is 12.2. The van der Waals surface area contributed by atoms with Gasteiger partial charge < -0.3 is 15.0 Å². The zero-order valence-electron chi connectivity index (χ0n) is 15.0. The summed E-state index contributed by atoms with van der Waals surface area (Å²) in [5, 5.41) is 3.16. The number of likely N-dealkylation sites (tertiary alicyclic amines) is 1. The molecule has 124 valence electrons. The molecule has 0 saturated carbocycles. The van der Waals surface area contributed by atoms with Gasteiger partial charge in [-0.2, -0.15) is 0 Å². The molecule has 1 aliphatic rings. The molecule has 0 aromatic carbocycles. The Morgan fingerprint density at radius 2 is 2.00 bits per heavy atom. The average molecular weight is 298 g/mol. The molecule has 4 nitrogen and oxygen atoms in total. The molecule has 1 aliphatic heterocycles. The number of hydrogen-bond donors (Lipinski definition) is 1. The zero-order valence-corrected chi connectivity index (χ0v) is 15.0. The predicted octanol–water partition coefficient (Wildman–Crippen LogP) is 2.67. The van der Waals surface area contributed by atoms with E-state index in [1.807, 2.05) is 20.9 Å². The van der Waals surface area contributed by atoms with E-state index in [2.05, 4.69) is 37.9 Å². The van der Waals surface area contributed by atoms with Gasteiger partial charge in [-0.25, -0.2) is 0 Å². The van der Waals surface area contributed by atoms with Crippen molar-refractivity contribution in [2.75, 3.05) is 26.7 Å². The molecule has 21 heavy (non-hydrogen) atoms. The Morgan fingerprint density at radius 3 is 2.43 bits per heavy atom. The fourth-order valence-electron chi connectivity index (χ4n) is 3.19. The van der Waals surface area contributed by atoms with E-state index in [4.69, 9.17) is 4.74 Å². The number of esters is 1. The minimum Gasteiger partial charge on any atom is -0.465 e. The van der Waals surface area contributed by atoms with Gasteiger partial charge in [-0.3, -0.25) is 4.79 Å². The molecule has 1 N–H and O–H groups in total. The highest BCUT2D eigenvalue weighted by Crippen LogP contribution is 2.35. The SMILES string of the molecule is CCOC(=O)C(C)(CC(C)N1CCC(C(C)(C)C)C1)NC. The van der Waals surface area contributed by atoms with Crippen molar-refractivity contribution in [3.63, 3.8) is 0 Å². The summed E-state index contributed by atoms with van der Waals surface area (Å²) < 4.78 is 5.22. The van der Waals surface area contributed by atoms with Crippen LogP contribution >= 0.6 is 0 Å². The van der Waals surface area contributed by atoms with Crippen LogP contribution in [0.1, 0.15) is 54.4 Å². The smallest absolute Gasteiger partial charge is 0.326 e. The predicted molar refractivity (Wildman–Crippen MR) is 87.3 cm³/mol. The van der Waals surface area contributed by atoms with Crippen LogP contribution in [0.2, 0.25) is 0 Å². The number of nitrogens with zero attached hydrogens (tertiary/aromatic N) is 1. The molecule has 3 unspecified atom stereocenters. The lowest BCUT2D eigenvalue weighted by Crippen LogP contribution is -2.52. The van der Waals surface area contributed by atoms with Crippen LogP contribution in [-0.2, 0) is 9.53 Å². The molecule has 3 atom stereocenters. The lowest BCUT2D eigenvalue weighted by molar-refractivity contribution is -0.151. The van der Waals surface area contributed by atoms with Gasteiger partial charge in [-0.1, -0.05) is 20.8 Å². The fraction of sp³-hybridized carbons (Fsp3) is 0.941. The number of carbonyl (C=O) groups is 1. The van der Waals surface area contributed by atoms with E-state index in [1.165, 1.54) is 6.42 Å². The van der Waals surface area contributed by atoms with Crippen molar-refractivity contribution in [2.24, 2.45) is 11.3 Å². The van der Waals surface area contributed by atoms with Crippen molar-refractivity contribution >= 4 is 5.97 Å². The second-order valence-corrected chi connectivity index (χ2v) is 7.70. The second kappa shape index (κ2) is 7.10. The first-order chi connectivity index (χ1) is 9.64. The van der Waals surface area contributed by atoms with Crippen molar-refractivity contribution in [1.29, 1.82) is 0 Å². The highest BCUT2D eigenvalue weighted by Gasteiger charge is 2.39. The molecule has 0 aromatic rings. The fourth-order valence-corrected chi connectivity index (χ4v) is 3.19. The van der Waals surface area contributed by atoms with E-state index in [1.54, 1.807) is 0 Å². The molecule has 0 aromatic heterocycles. The summed E-state index contributed by atoms with van der Waals surface area (Å²) in [6.07, 6.45) is 2.03. The van der Waals surface area contributed by atoms with Crippen LogP contribution in [0.4, 0.5) is 0 Å². The normalized spacial score (nSPS) is 24.6.